The summed E-state index contributed by atoms with van der Waals surface area (Å²) in [5, 5.41) is 4.77. The normalized spacial score (nSPS) is 15.9. The van der Waals surface area contributed by atoms with Crippen molar-refractivity contribution in [2.24, 2.45) is 0 Å². The molecule has 1 saturated heterocycles. The van der Waals surface area contributed by atoms with Crippen molar-refractivity contribution in [2.75, 3.05) is 32.1 Å². The highest BCUT2D eigenvalue weighted by atomic mass is 35.5. The highest BCUT2D eigenvalue weighted by molar-refractivity contribution is 7.15. The molecule has 0 bridgehead atoms. The maximum atomic E-state index is 4.43. The maximum Gasteiger partial charge on any atom is 0.185 e. The van der Waals surface area contributed by atoms with Gasteiger partial charge < -0.3 is 10.2 Å². The molecule has 0 spiro atoms. The van der Waals surface area contributed by atoms with Crippen molar-refractivity contribution in [3.63, 3.8) is 0 Å². The molecule has 0 atom stereocenters. The number of piperidine rings is 1. The molecule has 1 aliphatic heterocycles. The van der Waals surface area contributed by atoms with E-state index < -0.39 is 0 Å². The predicted octanol–water partition coefficient (Wildman–Crippen LogP) is 2.78. The second-order valence-electron chi connectivity index (χ2n) is 6.29. The van der Waals surface area contributed by atoms with Gasteiger partial charge in [-0.2, -0.15) is 0 Å². The number of aromatic nitrogens is 2. The number of nitrogens with zero attached hydrogens (tertiary/aromatic N) is 4. The Morgan fingerprint density at radius 3 is 2.58 bits per heavy atom. The molecule has 2 aromatic heterocycles. The molecule has 0 aliphatic carbocycles. The zero-order valence-electron chi connectivity index (χ0n) is 14.3. The number of thiazole rings is 1. The molecule has 3 rings (SSSR count). The second kappa shape index (κ2) is 9.32. The first-order valence-corrected chi connectivity index (χ1v) is 8.99. The topological polar surface area (TPSA) is 44.3 Å². The lowest BCUT2D eigenvalue weighted by molar-refractivity contribution is 0.190. The number of hydrogen-bond acceptors (Lipinski definition) is 6. The Hall–Kier alpha value is -1.21. The van der Waals surface area contributed by atoms with Gasteiger partial charge in [0.15, 0.2) is 5.13 Å². The van der Waals surface area contributed by atoms with Crippen molar-refractivity contribution in [1.82, 2.24) is 20.2 Å². The molecule has 132 valence electrons. The fourth-order valence-corrected chi connectivity index (χ4v) is 3.66. The third-order valence-corrected chi connectivity index (χ3v) is 5.40. The van der Waals surface area contributed by atoms with Gasteiger partial charge in [-0.3, -0.25) is 9.88 Å². The molecule has 0 aromatic carbocycles. The summed E-state index contributed by atoms with van der Waals surface area (Å²) in [4.78, 5) is 14.4. The van der Waals surface area contributed by atoms with Gasteiger partial charge in [0.25, 0.3) is 0 Å². The molecule has 24 heavy (non-hydrogen) atoms. The van der Waals surface area contributed by atoms with Crippen LogP contribution in [0.25, 0.3) is 0 Å². The summed E-state index contributed by atoms with van der Waals surface area (Å²) < 4.78 is 0. The van der Waals surface area contributed by atoms with Crippen molar-refractivity contribution in [3.8, 4) is 0 Å². The van der Waals surface area contributed by atoms with Gasteiger partial charge in [-0.15, -0.1) is 23.7 Å². The van der Waals surface area contributed by atoms with Gasteiger partial charge in [-0.1, -0.05) is 0 Å². The van der Waals surface area contributed by atoms with E-state index in [4.69, 9.17) is 0 Å². The maximum absolute atomic E-state index is 4.43. The van der Waals surface area contributed by atoms with Gasteiger partial charge in [0.05, 0.1) is 0 Å². The summed E-state index contributed by atoms with van der Waals surface area (Å²) in [6.45, 7) is 4.29. The Labute approximate surface area is 154 Å². The molecule has 5 nitrogen and oxygen atoms in total. The standard InChI is InChI=1S/C17H25N5S.ClH/c1-21(2)17-20-12-16(23-17)11-19-15-5-9-22(10-6-15)13-14-3-7-18-8-4-14;/h3-4,7-8,12,15,19H,5-6,9-11,13H2,1-2H3;1H. The van der Waals surface area contributed by atoms with Crippen LogP contribution in [0.4, 0.5) is 5.13 Å². The van der Waals surface area contributed by atoms with Crippen LogP contribution in [0.15, 0.2) is 30.7 Å². The van der Waals surface area contributed by atoms with E-state index in [0.29, 0.717) is 6.04 Å². The van der Waals surface area contributed by atoms with Crippen LogP contribution in [0.2, 0.25) is 0 Å². The molecule has 0 unspecified atom stereocenters. The summed E-state index contributed by atoms with van der Waals surface area (Å²) in [5.41, 5.74) is 1.35. The Balaban J connectivity index is 0.00000208. The molecule has 1 fully saturated rings. The Morgan fingerprint density at radius 2 is 1.96 bits per heavy atom. The minimum absolute atomic E-state index is 0. The molecular weight excluding hydrogens is 342 g/mol. The fraction of sp³-hybridized carbons (Fsp3) is 0.529. The molecule has 2 aromatic rings. The number of likely N-dealkylation sites (tertiary alicyclic amines) is 1. The van der Waals surface area contributed by atoms with E-state index >= 15 is 0 Å². The van der Waals surface area contributed by atoms with Gasteiger partial charge in [0.2, 0.25) is 0 Å². The van der Waals surface area contributed by atoms with Crippen molar-refractivity contribution < 1.29 is 0 Å². The molecule has 7 heteroatoms. The van der Waals surface area contributed by atoms with E-state index in [1.807, 2.05) is 32.7 Å². The summed E-state index contributed by atoms with van der Waals surface area (Å²) >= 11 is 1.77. The van der Waals surface area contributed by atoms with E-state index in [1.54, 1.807) is 11.3 Å². The average Bonchev–Trinajstić information content (AvgIpc) is 3.04. The first-order chi connectivity index (χ1) is 11.2. The van der Waals surface area contributed by atoms with Gasteiger partial charge in [0, 0.05) is 56.7 Å². The van der Waals surface area contributed by atoms with E-state index in [2.05, 4.69) is 37.2 Å². The van der Waals surface area contributed by atoms with Gasteiger partial charge >= 0.3 is 0 Å². The highest BCUT2D eigenvalue weighted by Crippen LogP contribution is 2.21. The Bertz CT molecular complexity index is 596. The minimum Gasteiger partial charge on any atom is -0.354 e. The SMILES string of the molecule is CN(C)c1ncc(CNC2CCN(Cc3ccncc3)CC2)s1.Cl. The zero-order valence-corrected chi connectivity index (χ0v) is 15.9. The van der Waals surface area contributed by atoms with E-state index in [-0.39, 0.29) is 12.4 Å². The third-order valence-electron chi connectivity index (χ3n) is 4.23. The number of pyridine rings is 1. The molecule has 1 aliphatic rings. The van der Waals surface area contributed by atoms with Crippen molar-refractivity contribution in [1.29, 1.82) is 0 Å². The average molecular weight is 368 g/mol. The van der Waals surface area contributed by atoms with Crippen LogP contribution in [-0.2, 0) is 13.1 Å². The molecule has 0 amide bonds. The Morgan fingerprint density at radius 1 is 1.25 bits per heavy atom. The predicted molar refractivity (Wildman–Crippen MR) is 103 cm³/mol. The fourth-order valence-electron chi connectivity index (χ4n) is 2.87. The molecule has 1 N–H and O–H groups in total. The molecule has 0 radical (unpaired) electrons. The van der Waals surface area contributed by atoms with Crippen molar-refractivity contribution in [2.45, 2.75) is 32.0 Å². The van der Waals surface area contributed by atoms with Crippen LogP contribution >= 0.6 is 23.7 Å². The first-order valence-electron chi connectivity index (χ1n) is 8.17. The highest BCUT2D eigenvalue weighted by Gasteiger charge is 2.19. The summed E-state index contributed by atoms with van der Waals surface area (Å²) in [6.07, 6.45) is 8.17. The van der Waals surface area contributed by atoms with Crippen LogP contribution < -0.4 is 10.2 Å². The third kappa shape index (κ3) is 5.41. The smallest absolute Gasteiger partial charge is 0.185 e. The number of halogens is 1. The second-order valence-corrected chi connectivity index (χ2v) is 7.38. The lowest BCUT2D eigenvalue weighted by Crippen LogP contribution is -2.41. The van der Waals surface area contributed by atoms with Crippen LogP contribution in [0.1, 0.15) is 23.3 Å². The minimum atomic E-state index is 0. The van der Waals surface area contributed by atoms with Crippen LogP contribution in [0.3, 0.4) is 0 Å². The largest absolute Gasteiger partial charge is 0.354 e. The zero-order chi connectivity index (χ0) is 16.1. The number of hydrogen-bond donors (Lipinski definition) is 1. The quantitative estimate of drug-likeness (QED) is 0.850. The molecule has 0 saturated carbocycles. The van der Waals surface area contributed by atoms with Crippen molar-refractivity contribution in [3.05, 3.63) is 41.2 Å². The van der Waals surface area contributed by atoms with Crippen LogP contribution in [-0.4, -0.2) is 48.1 Å². The summed E-state index contributed by atoms with van der Waals surface area (Å²) in [6, 6.07) is 4.83. The Kier molecular flexibility index (Phi) is 7.42. The van der Waals surface area contributed by atoms with Crippen LogP contribution in [0.5, 0.6) is 0 Å². The number of anilines is 1. The van der Waals surface area contributed by atoms with E-state index in [1.165, 1.54) is 23.3 Å². The molecule has 3 heterocycles. The van der Waals surface area contributed by atoms with E-state index in [9.17, 15) is 0 Å². The number of rotatable bonds is 6. The first kappa shape index (κ1) is 19.1. The monoisotopic (exact) mass is 367 g/mol. The van der Waals surface area contributed by atoms with Gasteiger partial charge in [-0.25, -0.2) is 4.98 Å². The number of nitrogens with one attached hydrogen (secondary N) is 1. The lowest BCUT2D eigenvalue weighted by atomic mass is 10.0. The van der Waals surface area contributed by atoms with E-state index in [0.717, 1.165) is 31.3 Å². The van der Waals surface area contributed by atoms with Gasteiger partial charge in [0.1, 0.15) is 0 Å². The van der Waals surface area contributed by atoms with Crippen molar-refractivity contribution >= 4 is 28.9 Å². The summed E-state index contributed by atoms with van der Waals surface area (Å²) in [7, 11) is 4.07. The van der Waals surface area contributed by atoms with Crippen LogP contribution in [0, 0.1) is 0 Å². The molecular formula is C17H26ClN5S. The summed E-state index contributed by atoms with van der Waals surface area (Å²) in [5.74, 6) is 0. The van der Waals surface area contributed by atoms with Gasteiger partial charge in [-0.05, 0) is 43.6 Å². The lowest BCUT2D eigenvalue weighted by Gasteiger charge is -2.32.